The maximum Gasteiger partial charge on any atom is 0.346 e. The number of rotatable bonds is 10. The molecule has 29 heavy (non-hydrogen) atoms. The van der Waals surface area contributed by atoms with Gasteiger partial charge in [-0.15, -0.1) is 11.8 Å². The van der Waals surface area contributed by atoms with Gasteiger partial charge in [-0.3, -0.25) is 0 Å². The van der Waals surface area contributed by atoms with Crippen LogP contribution in [0.2, 0.25) is 0 Å². The van der Waals surface area contributed by atoms with Crippen LogP contribution in [0.1, 0.15) is 104 Å². The van der Waals surface area contributed by atoms with Crippen LogP contribution in [0, 0.1) is 5.92 Å². The van der Waals surface area contributed by atoms with Gasteiger partial charge < -0.3 is 10.2 Å². The minimum absolute atomic E-state index is 0.0141. The summed E-state index contributed by atoms with van der Waals surface area (Å²) in [6, 6.07) is 6.58. The smallest absolute Gasteiger partial charge is 0.346 e. The van der Waals surface area contributed by atoms with Gasteiger partial charge in [0, 0.05) is 5.75 Å². The molecule has 0 aliphatic carbocycles. The molecule has 0 saturated heterocycles. The first-order valence-electron chi connectivity index (χ1n) is 10.9. The molecular weight excluding hydrogens is 380 g/mol. The molecule has 1 aromatic carbocycles. The monoisotopic (exact) mass is 422 g/mol. The number of carboxylic acids is 1. The predicted molar refractivity (Wildman–Crippen MR) is 126 cm³/mol. The molecule has 0 heterocycles. The Morgan fingerprint density at radius 3 is 1.86 bits per heavy atom. The number of hydrogen-bond acceptors (Lipinski definition) is 3. The van der Waals surface area contributed by atoms with Crippen molar-refractivity contribution in [3.05, 3.63) is 34.9 Å². The second-order valence-electron chi connectivity index (χ2n) is 10.8. The summed E-state index contributed by atoms with van der Waals surface area (Å²) in [7, 11) is 0. The van der Waals surface area contributed by atoms with Gasteiger partial charge >= 0.3 is 5.97 Å². The minimum Gasteiger partial charge on any atom is -0.478 e. The van der Waals surface area contributed by atoms with Crippen molar-refractivity contribution in [1.29, 1.82) is 0 Å². The molecular formula is C25H42O3S. The number of carboxylic acid groups (broad SMARTS) is 1. The summed E-state index contributed by atoms with van der Waals surface area (Å²) in [5.41, 5.74) is 3.59. The summed E-state index contributed by atoms with van der Waals surface area (Å²) in [6.45, 7) is 17.5. The first-order valence-corrected chi connectivity index (χ1v) is 11.9. The highest BCUT2D eigenvalue weighted by Crippen LogP contribution is 2.35. The largest absolute Gasteiger partial charge is 0.478 e. The summed E-state index contributed by atoms with van der Waals surface area (Å²) < 4.78 is 0. The van der Waals surface area contributed by atoms with E-state index in [1.165, 1.54) is 11.1 Å². The molecule has 0 spiro atoms. The minimum atomic E-state index is -1.72. The van der Waals surface area contributed by atoms with Crippen molar-refractivity contribution in [3.63, 3.8) is 0 Å². The molecule has 2 N–H and O–H groups in total. The van der Waals surface area contributed by atoms with Crippen molar-refractivity contribution in [2.75, 3.05) is 0 Å². The highest BCUT2D eigenvalue weighted by atomic mass is 32.2. The zero-order valence-electron chi connectivity index (χ0n) is 19.8. The number of aliphatic carboxylic acids is 1. The van der Waals surface area contributed by atoms with Crippen LogP contribution in [0.15, 0.2) is 18.2 Å². The molecule has 0 amide bonds. The molecule has 1 rings (SSSR count). The number of thioether (sulfide) groups is 1. The SMILES string of the molecule is CC(C)CCCCCC(O)(SCc1cc(C(C)(C)C)cc(C(C)(C)C)c1)C(=O)O. The molecule has 0 aliphatic rings. The van der Waals surface area contributed by atoms with Crippen molar-refractivity contribution >= 4 is 17.7 Å². The van der Waals surface area contributed by atoms with Crippen LogP contribution in [0.4, 0.5) is 0 Å². The number of hydrogen-bond donors (Lipinski definition) is 2. The zero-order valence-corrected chi connectivity index (χ0v) is 20.6. The second kappa shape index (κ2) is 10.3. The molecule has 0 aliphatic heterocycles. The fourth-order valence-corrected chi connectivity index (χ4v) is 4.16. The van der Waals surface area contributed by atoms with Crippen molar-refractivity contribution in [2.45, 2.75) is 109 Å². The average Bonchev–Trinajstić information content (AvgIpc) is 2.57. The molecule has 0 fully saturated rings. The molecule has 0 bridgehead atoms. The van der Waals surface area contributed by atoms with E-state index in [0.29, 0.717) is 11.7 Å². The lowest BCUT2D eigenvalue weighted by Gasteiger charge is -2.27. The average molecular weight is 423 g/mol. The normalized spacial score (nSPS) is 14.8. The lowest BCUT2D eigenvalue weighted by atomic mass is 9.80. The maximum atomic E-state index is 11.8. The third kappa shape index (κ3) is 8.72. The quantitative estimate of drug-likeness (QED) is 0.318. The molecule has 0 radical (unpaired) electrons. The molecule has 1 unspecified atom stereocenters. The van der Waals surface area contributed by atoms with E-state index in [-0.39, 0.29) is 17.3 Å². The summed E-state index contributed by atoms with van der Waals surface area (Å²) in [5.74, 6) is 0.0196. The Morgan fingerprint density at radius 1 is 0.931 bits per heavy atom. The Bertz CT molecular complexity index is 635. The van der Waals surface area contributed by atoms with Gasteiger partial charge in [0.15, 0.2) is 0 Å². The van der Waals surface area contributed by atoms with Gasteiger partial charge in [0.25, 0.3) is 0 Å². The van der Waals surface area contributed by atoms with Gasteiger partial charge in [-0.1, -0.05) is 92.9 Å². The Kier molecular flexibility index (Phi) is 9.29. The van der Waals surface area contributed by atoms with Gasteiger partial charge in [0.05, 0.1) is 0 Å². The third-order valence-corrected chi connectivity index (χ3v) is 6.67. The van der Waals surface area contributed by atoms with Gasteiger partial charge in [0.2, 0.25) is 4.93 Å². The lowest BCUT2D eigenvalue weighted by Crippen LogP contribution is -2.35. The number of carbonyl (C=O) groups is 1. The Hall–Kier alpha value is -1.00. The van der Waals surface area contributed by atoms with Crippen LogP contribution in [-0.2, 0) is 21.4 Å². The fraction of sp³-hybridized carbons (Fsp3) is 0.720. The second-order valence-corrected chi connectivity index (χ2v) is 12.0. The van der Waals surface area contributed by atoms with Crippen LogP contribution in [-0.4, -0.2) is 21.1 Å². The standard InChI is InChI=1S/C25H42O3S/c1-18(2)12-10-9-11-13-25(28,22(26)27)29-17-19-14-20(23(3,4)5)16-21(15-19)24(6,7)8/h14-16,18,28H,9-13,17H2,1-8H3,(H,26,27). The van der Waals surface area contributed by atoms with E-state index in [1.807, 2.05) is 0 Å². The first-order chi connectivity index (χ1) is 13.1. The van der Waals surface area contributed by atoms with Gasteiger partial charge in [-0.25, -0.2) is 4.79 Å². The van der Waals surface area contributed by atoms with Crippen molar-refractivity contribution < 1.29 is 15.0 Å². The Morgan fingerprint density at radius 2 is 1.45 bits per heavy atom. The summed E-state index contributed by atoms with van der Waals surface area (Å²) in [4.78, 5) is 10.1. The summed E-state index contributed by atoms with van der Waals surface area (Å²) in [6.07, 6.45) is 4.21. The highest BCUT2D eigenvalue weighted by molar-refractivity contribution is 8.00. The van der Waals surface area contributed by atoms with Gasteiger partial charge in [0.1, 0.15) is 0 Å². The predicted octanol–water partition coefficient (Wildman–Crippen LogP) is 6.89. The van der Waals surface area contributed by atoms with E-state index in [9.17, 15) is 15.0 Å². The molecule has 1 atom stereocenters. The topological polar surface area (TPSA) is 57.5 Å². The van der Waals surface area contributed by atoms with Crippen molar-refractivity contribution in [3.8, 4) is 0 Å². The molecule has 1 aromatic rings. The first kappa shape index (κ1) is 26.0. The molecule has 4 heteroatoms. The Balaban J connectivity index is 2.92. The van der Waals surface area contributed by atoms with E-state index >= 15 is 0 Å². The Labute approximate surface area is 182 Å². The van der Waals surface area contributed by atoms with E-state index in [1.54, 1.807) is 0 Å². The van der Waals surface area contributed by atoms with Crippen LogP contribution in [0.25, 0.3) is 0 Å². The van der Waals surface area contributed by atoms with E-state index in [2.05, 4.69) is 73.6 Å². The molecule has 166 valence electrons. The fourth-order valence-electron chi connectivity index (χ4n) is 3.18. The van der Waals surface area contributed by atoms with E-state index in [4.69, 9.17) is 0 Å². The maximum absolute atomic E-state index is 11.8. The van der Waals surface area contributed by atoms with Crippen LogP contribution < -0.4 is 0 Å². The molecule has 0 saturated carbocycles. The zero-order chi connectivity index (χ0) is 22.5. The number of unbranched alkanes of at least 4 members (excludes halogenated alkanes) is 2. The lowest BCUT2D eigenvalue weighted by molar-refractivity contribution is -0.149. The number of benzene rings is 1. The van der Waals surface area contributed by atoms with Crippen LogP contribution in [0.3, 0.4) is 0 Å². The van der Waals surface area contributed by atoms with Crippen molar-refractivity contribution in [1.82, 2.24) is 0 Å². The molecule has 3 nitrogen and oxygen atoms in total. The van der Waals surface area contributed by atoms with Crippen LogP contribution >= 0.6 is 11.8 Å². The summed E-state index contributed by atoms with van der Waals surface area (Å²) in [5, 5.41) is 20.4. The van der Waals surface area contributed by atoms with Gasteiger partial charge in [-0.2, -0.15) is 0 Å². The summed E-state index contributed by atoms with van der Waals surface area (Å²) >= 11 is 1.14. The third-order valence-electron chi connectivity index (χ3n) is 5.33. The van der Waals surface area contributed by atoms with Crippen molar-refractivity contribution in [2.24, 2.45) is 5.92 Å². The van der Waals surface area contributed by atoms with Gasteiger partial charge in [-0.05, 0) is 46.3 Å². The van der Waals surface area contributed by atoms with E-state index in [0.717, 1.165) is 43.0 Å². The molecule has 0 aromatic heterocycles. The van der Waals surface area contributed by atoms with E-state index < -0.39 is 10.9 Å². The number of aliphatic hydroxyl groups is 1. The van der Waals surface area contributed by atoms with Crippen LogP contribution in [0.5, 0.6) is 0 Å². The highest BCUT2D eigenvalue weighted by Gasteiger charge is 2.36.